The van der Waals surface area contributed by atoms with Crippen molar-refractivity contribution in [3.05, 3.63) is 0 Å². The highest BCUT2D eigenvalue weighted by molar-refractivity contribution is 7.47. The Labute approximate surface area is 613 Å². The molecule has 0 spiro atoms. The molecule has 17 nitrogen and oxygen atoms in total. The van der Waals surface area contributed by atoms with Gasteiger partial charge in [0.2, 0.25) is 0 Å². The van der Waals surface area contributed by atoms with Gasteiger partial charge in [-0.1, -0.05) is 381 Å². The van der Waals surface area contributed by atoms with Crippen LogP contribution in [0.25, 0.3) is 0 Å². The highest BCUT2D eigenvalue weighted by atomic mass is 31.2. The van der Waals surface area contributed by atoms with E-state index >= 15 is 0 Å². The summed E-state index contributed by atoms with van der Waals surface area (Å²) in [5.41, 5.74) is 0. The number of hydrogen-bond donors (Lipinski definition) is 3. The molecule has 0 heterocycles. The molecule has 0 aliphatic rings. The largest absolute Gasteiger partial charge is 0.472 e. The SMILES string of the molecule is CCCCCCCCCCCCCCCCCCCCCCCC(=O)O[C@H](COC(=O)CCCCCCCCCCCCCCCCCC(C)C)COP(=O)(O)OC[C@@H](O)COP(=O)(O)OC[C@@H](COC(=O)CCCCCCCCCC)OC(=O)CCCCCCCCCCCCCCC. The van der Waals surface area contributed by atoms with Crippen molar-refractivity contribution in [3.8, 4) is 0 Å². The molecule has 19 heteroatoms. The molecular formula is C81H158O17P2. The average Bonchev–Trinajstić information content (AvgIpc) is 0.928. The molecule has 2 unspecified atom stereocenters. The van der Waals surface area contributed by atoms with Crippen LogP contribution in [-0.4, -0.2) is 96.7 Å². The molecule has 0 amide bonds. The summed E-state index contributed by atoms with van der Waals surface area (Å²) in [4.78, 5) is 72.9. The minimum absolute atomic E-state index is 0.108. The number of aliphatic hydroxyl groups excluding tert-OH is 1. The van der Waals surface area contributed by atoms with Crippen LogP contribution in [0.3, 0.4) is 0 Å². The third-order valence-corrected chi connectivity index (χ3v) is 20.9. The van der Waals surface area contributed by atoms with E-state index in [-0.39, 0.29) is 25.7 Å². The van der Waals surface area contributed by atoms with Gasteiger partial charge in [0.25, 0.3) is 0 Å². The molecule has 0 radical (unpaired) electrons. The van der Waals surface area contributed by atoms with E-state index < -0.39 is 97.5 Å². The van der Waals surface area contributed by atoms with Gasteiger partial charge < -0.3 is 33.8 Å². The molecule has 0 rings (SSSR count). The van der Waals surface area contributed by atoms with E-state index in [0.717, 1.165) is 102 Å². The monoisotopic (exact) mass is 1470 g/mol. The van der Waals surface area contributed by atoms with Crippen molar-refractivity contribution in [1.82, 2.24) is 0 Å². The summed E-state index contributed by atoms with van der Waals surface area (Å²) < 4.78 is 68.6. The summed E-state index contributed by atoms with van der Waals surface area (Å²) in [6.45, 7) is 7.33. The Kier molecular flexibility index (Phi) is 72.5. The Balaban J connectivity index is 5.18. The first-order valence-corrected chi connectivity index (χ1v) is 45.1. The lowest BCUT2D eigenvalue weighted by Crippen LogP contribution is -2.30. The molecule has 5 atom stereocenters. The zero-order chi connectivity index (χ0) is 73.4. The number of rotatable bonds is 81. The van der Waals surface area contributed by atoms with Crippen LogP contribution in [0, 0.1) is 5.92 Å². The number of unbranched alkanes of at least 4 members (excludes halogenated alkanes) is 53. The van der Waals surface area contributed by atoms with Gasteiger partial charge in [0, 0.05) is 25.7 Å². The Morgan fingerprint density at radius 2 is 0.460 bits per heavy atom. The van der Waals surface area contributed by atoms with Crippen LogP contribution in [0.1, 0.15) is 433 Å². The summed E-state index contributed by atoms with van der Waals surface area (Å²) >= 11 is 0. The summed E-state index contributed by atoms with van der Waals surface area (Å²) in [5.74, 6) is -1.30. The fraction of sp³-hybridized carbons (Fsp3) is 0.951. The van der Waals surface area contributed by atoms with E-state index in [2.05, 4.69) is 34.6 Å². The van der Waals surface area contributed by atoms with E-state index in [1.54, 1.807) is 0 Å². The second-order valence-electron chi connectivity index (χ2n) is 29.6. The van der Waals surface area contributed by atoms with Crippen LogP contribution in [0.2, 0.25) is 0 Å². The van der Waals surface area contributed by atoms with Crippen molar-refractivity contribution >= 4 is 39.5 Å². The van der Waals surface area contributed by atoms with Crippen LogP contribution in [0.4, 0.5) is 0 Å². The van der Waals surface area contributed by atoms with Gasteiger partial charge in [-0.25, -0.2) is 9.13 Å². The lowest BCUT2D eigenvalue weighted by atomic mass is 10.0. The maximum Gasteiger partial charge on any atom is 0.472 e. The van der Waals surface area contributed by atoms with Gasteiger partial charge in [0.05, 0.1) is 26.4 Å². The van der Waals surface area contributed by atoms with Crippen molar-refractivity contribution in [1.29, 1.82) is 0 Å². The number of hydrogen-bond acceptors (Lipinski definition) is 15. The molecule has 3 N–H and O–H groups in total. The van der Waals surface area contributed by atoms with Gasteiger partial charge in [-0.3, -0.25) is 37.3 Å². The molecule has 0 aromatic carbocycles. The van der Waals surface area contributed by atoms with Crippen molar-refractivity contribution in [2.45, 2.75) is 451 Å². The quantitative estimate of drug-likeness (QED) is 0.0222. The minimum atomic E-state index is -4.96. The predicted octanol–water partition coefficient (Wildman–Crippen LogP) is 24.4. The fourth-order valence-corrected chi connectivity index (χ4v) is 14.2. The maximum atomic E-state index is 13.1. The third kappa shape index (κ3) is 74.3. The van der Waals surface area contributed by atoms with Gasteiger partial charge in [-0.05, 0) is 31.6 Å². The lowest BCUT2D eigenvalue weighted by molar-refractivity contribution is -0.161. The van der Waals surface area contributed by atoms with Gasteiger partial charge in [0.1, 0.15) is 19.3 Å². The minimum Gasteiger partial charge on any atom is -0.462 e. The first kappa shape index (κ1) is 98.1. The second-order valence-corrected chi connectivity index (χ2v) is 32.5. The van der Waals surface area contributed by atoms with Crippen LogP contribution in [0.15, 0.2) is 0 Å². The number of phosphoric ester groups is 2. The van der Waals surface area contributed by atoms with E-state index in [1.807, 2.05) is 0 Å². The van der Waals surface area contributed by atoms with Crippen LogP contribution in [-0.2, 0) is 65.4 Å². The molecule has 0 aliphatic carbocycles. The van der Waals surface area contributed by atoms with Gasteiger partial charge in [-0.2, -0.15) is 0 Å². The fourth-order valence-electron chi connectivity index (χ4n) is 12.6. The third-order valence-electron chi connectivity index (χ3n) is 19.0. The summed E-state index contributed by atoms with van der Waals surface area (Å²) in [6, 6.07) is 0. The van der Waals surface area contributed by atoms with E-state index in [1.165, 1.54) is 250 Å². The number of esters is 4. The molecule has 0 bridgehead atoms. The molecule has 0 aliphatic heterocycles. The number of carbonyl (C=O) groups is 4. The van der Waals surface area contributed by atoms with E-state index in [9.17, 15) is 43.2 Å². The molecule has 0 saturated carbocycles. The first-order chi connectivity index (χ1) is 48.5. The topological polar surface area (TPSA) is 237 Å². The first-order valence-electron chi connectivity index (χ1n) is 42.1. The molecule has 0 saturated heterocycles. The molecule has 100 heavy (non-hydrogen) atoms. The number of aliphatic hydroxyl groups is 1. The zero-order valence-corrected chi connectivity index (χ0v) is 67.1. The maximum absolute atomic E-state index is 13.1. The van der Waals surface area contributed by atoms with Crippen molar-refractivity contribution < 1.29 is 80.2 Å². The smallest absolute Gasteiger partial charge is 0.462 e. The summed E-state index contributed by atoms with van der Waals surface area (Å²) in [6.07, 6.45) is 65.3. The van der Waals surface area contributed by atoms with E-state index in [4.69, 9.17) is 37.0 Å². The van der Waals surface area contributed by atoms with Crippen molar-refractivity contribution in [2.24, 2.45) is 5.92 Å². The van der Waals surface area contributed by atoms with Crippen LogP contribution in [0.5, 0.6) is 0 Å². The van der Waals surface area contributed by atoms with Gasteiger partial charge in [-0.15, -0.1) is 0 Å². The Morgan fingerprint density at radius 3 is 0.680 bits per heavy atom. The van der Waals surface area contributed by atoms with Crippen LogP contribution < -0.4 is 0 Å². The zero-order valence-electron chi connectivity index (χ0n) is 65.3. The van der Waals surface area contributed by atoms with Crippen molar-refractivity contribution in [3.63, 3.8) is 0 Å². The Hall–Kier alpha value is -1.94. The number of carbonyl (C=O) groups excluding carboxylic acids is 4. The summed E-state index contributed by atoms with van der Waals surface area (Å²) in [5, 5.41) is 10.6. The Morgan fingerprint density at radius 1 is 0.270 bits per heavy atom. The standard InChI is InChI=1S/C81H158O17P2/c1-6-9-12-15-18-21-23-25-26-27-28-29-30-31-34-39-43-47-52-57-62-67-81(86)98-77(71-92-79(84)65-60-55-50-45-41-38-35-32-33-37-40-44-48-53-58-63-74(4)5)73-96-100(89,90)94-69-75(82)68-93-99(87,88)95-72-76(70-91-78(83)64-59-54-49-20-17-14-11-8-3)97-80(85)66-61-56-51-46-42-36-24-22-19-16-13-10-7-2/h74-77,82H,6-73H2,1-5H3,(H,87,88)(H,89,90)/t75-,76+,77+/m0/s1. The molecule has 0 aromatic heterocycles. The highest BCUT2D eigenvalue weighted by Crippen LogP contribution is 2.45. The van der Waals surface area contributed by atoms with Crippen LogP contribution >= 0.6 is 15.6 Å². The number of phosphoric acid groups is 2. The second kappa shape index (κ2) is 73.9. The van der Waals surface area contributed by atoms with Gasteiger partial charge in [0.15, 0.2) is 12.2 Å². The highest BCUT2D eigenvalue weighted by Gasteiger charge is 2.30. The Bertz CT molecular complexity index is 1910. The summed E-state index contributed by atoms with van der Waals surface area (Å²) in [7, 11) is -9.91. The molecule has 0 aromatic rings. The molecule has 594 valence electrons. The predicted molar refractivity (Wildman–Crippen MR) is 409 cm³/mol. The van der Waals surface area contributed by atoms with Crippen molar-refractivity contribution in [2.75, 3.05) is 39.6 Å². The normalized spacial score (nSPS) is 13.8. The average molecular weight is 1470 g/mol. The lowest BCUT2D eigenvalue weighted by Gasteiger charge is -2.21. The molecule has 0 fully saturated rings. The van der Waals surface area contributed by atoms with Gasteiger partial charge >= 0.3 is 39.5 Å². The van der Waals surface area contributed by atoms with E-state index in [0.29, 0.717) is 25.7 Å². The number of ether oxygens (including phenoxy) is 4. The molecular weight excluding hydrogens is 1310 g/mol.